The van der Waals surface area contributed by atoms with Crippen molar-refractivity contribution >= 4 is 34.3 Å². The standard InChI is InChI=1S/C24H21ClN2O3/c1-14-10-16(3)23-20(11-14)27-24(30-23)17-4-7-19(8-5-17)26-22(28)13-29-21-9-6-18(25)12-15(21)2/h4-12H,13H2,1-3H3,(H,26,28). The van der Waals surface area contributed by atoms with Gasteiger partial charge in [0.1, 0.15) is 11.3 Å². The predicted octanol–water partition coefficient (Wildman–Crippen LogP) is 6.09. The number of hydrogen-bond donors (Lipinski definition) is 1. The monoisotopic (exact) mass is 420 g/mol. The highest BCUT2D eigenvalue weighted by molar-refractivity contribution is 6.30. The number of aryl methyl sites for hydroxylation is 3. The van der Waals surface area contributed by atoms with Gasteiger partial charge in [0, 0.05) is 16.3 Å². The van der Waals surface area contributed by atoms with Crippen LogP contribution in [0.15, 0.2) is 59.0 Å². The zero-order chi connectivity index (χ0) is 21.3. The van der Waals surface area contributed by atoms with Crippen LogP contribution in [0.2, 0.25) is 5.02 Å². The van der Waals surface area contributed by atoms with E-state index in [1.54, 1.807) is 18.2 Å². The summed E-state index contributed by atoms with van der Waals surface area (Å²) in [6, 6.07) is 16.7. The maximum Gasteiger partial charge on any atom is 0.262 e. The second-order valence-electron chi connectivity index (χ2n) is 7.27. The summed E-state index contributed by atoms with van der Waals surface area (Å²) in [6.07, 6.45) is 0. The second-order valence-corrected chi connectivity index (χ2v) is 7.71. The smallest absolute Gasteiger partial charge is 0.262 e. The van der Waals surface area contributed by atoms with Crippen LogP contribution in [0.5, 0.6) is 5.75 Å². The Morgan fingerprint density at radius 2 is 1.80 bits per heavy atom. The molecule has 0 bridgehead atoms. The third kappa shape index (κ3) is 4.31. The highest BCUT2D eigenvalue weighted by Gasteiger charge is 2.11. The van der Waals surface area contributed by atoms with Crippen LogP contribution >= 0.6 is 11.6 Å². The van der Waals surface area contributed by atoms with Gasteiger partial charge in [-0.05, 0) is 86.0 Å². The molecule has 0 aliphatic heterocycles. The molecule has 0 aliphatic carbocycles. The molecule has 30 heavy (non-hydrogen) atoms. The Bertz CT molecular complexity index is 1230. The van der Waals surface area contributed by atoms with Crippen molar-refractivity contribution in [2.45, 2.75) is 20.8 Å². The number of oxazole rings is 1. The van der Waals surface area contributed by atoms with Gasteiger partial charge in [-0.2, -0.15) is 0 Å². The van der Waals surface area contributed by atoms with Crippen molar-refractivity contribution in [2.75, 3.05) is 11.9 Å². The van der Waals surface area contributed by atoms with Gasteiger partial charge in [-0.1, -0.05) is 17.7 Å². The number of nitrogens with one attached hydrogen (secondary N) is 1. The molecular weight excluding hydrogens is 400 g/mol. The number of halogens is 1. The number of rotatable bonds is 5. The number of amides is 1. The fourth-order valence-corrected chi connectivity index (χ4v) is 3.54. The molecule has 4 rings (SSSR count). The highest BCUT2D eigenvalue weighted by atomic mass is 35.5. The van der Waals surface area contributed by atoms with E-state index >= 15 is 0 Å². The fourth-order valence-electron chi connectivity index (χ4n) is 3.31. The SMILES string of the molecule is Cc1cc(C)c2oc(-c3ccc(NC(=O)COc4ccc(Cl)cc4C)cc3)nc2c1. The molecule has 5 nitrogen and oxygen atoms in total. The van der Waals surface area contributed by atoms with Crippen molar-refractivity contribution in [1.29, 1.82) is 0 Å². The lowest BCUT2D eigenvalue weighted by Crippen LogP contribution is -2.20. The molecule has 4 aromatic rings. The number of nitrogens with zero attached hydrogens (tertiary/aromatic N) is 1. The topological polar surface area (TPSA) is 64.4 Å². The summed E-state index contributed by atoms with van der Waals surface area (Å²) in [5, 5.41) is 3.46. The maximum atomic E-state index is 12.2. The van der Waals surface area contributed by atoms with Gasteiger partial charge in [0.05, 0.1) is 0 Å². The molecule has 1 N–H and O–H groups in total. The van der Waals surface area contributed by atoms with Crippen LogP contribution in [-0.2, 0) is 4.79 Å². The van der Waals surface area contributed by atoms with Crippen molar-refractivity contribution in [3.8, 4) is 17.2 Å². The van der Waals surface area contributed by atoms with Crippen molar-refractivity contribution in [3.63, 3.8) is 0 Å². The van der Waals surface area contributed by atoms with Crippen LogP contribution in [0.4, 0.5) is 5.69 Å². The van der Waals surface area contributed by atoms with E-state index in [0.29, 0.717) is 22.4 Å². The Kier molecular flexibility index (Phi) is 5.46. The maximum absolute atomic E-state index is 12.2. The number of aromatic nitrogens is 1. The molecule has 0 atom stereocenters. The van der Waals surface area contributed by atoms with Gasteiger partial charge in [0.15, 0.2) is 12.2 Å². The molecule has 0 radical (unpaired) electrons. The number of hydrogen-bond acceptors (Lipinski definition) is 4. The third-order valence-corrected chi connectivity index (χ3v) is 4.97. The van der Waals surface area contributed by atoms with E-state index in [0.717, 1.165) is 33.4 Å². The third-order valence-electron chi connectivity index (χ3n) is 4.73. The molecule has 0 saturated heterocycles. The molecule has 1 amide bonds. The lowest BCUT2D eigenvalue weighted by Gasteiger charge is -2.10. The number of ether oxygens (including phenoxy) is 1. The van der Waals surface area contributed by atoms with E-state index in [9.17, 15) is 4.79 Å². The average molecular weight is 421 g/mol. The summed E-state index contributed by atoms with van der Waals surface area (Å²) in [5.74, 6) is 0.939. The van der Waals surface area contributed by atoms with Gasteiger partial charge in [-0.3, -0.25) is 4.79 Å². The van der Waals surface area contributed by atoms with E-state index in [4.69, 9.17) is 20.8 Å². The number of fused-ring (bicyclic) bond motifs is 1. The summed E-state index contributed by atoms with van der Waals surface area (Å²) in [7, 11) is 0. The quantitative estimate of drug-likeness (QED) is 0.424. The summed E-state index contributed by atoms with van der Waals surface area (Å²) in [4.78, 5) is 16.8. The fraction of sp³-hybridized carbons (Fsp3) is 0.167. The Balaban J connectivity index is 1.42. The van der Waals surface area contributed by atoms with Gasteiger partial charge in [0.25, 0.3) is 5.91 Å². The zero-order valence-electron chi connectivity index (χ0n) is 17.0. The molecule has 6 heteroatoms. The minimum Gasteiger partial charge on any atom is -0.483 e. The Morgan fingerprint density at radius 3 is 2.53 bits per heavy atom. The van der Waals surface area contributed by atoms with Crippen molar-refractivity contribution in [1.82, 2.24) is 4.98 Å². The van der Waals surface area contributed by atoms with Crippen LogP contribution in [0.3, 0.4) is 0 Å². The van der Waals surface area contributed by atoms with E-state index in [2.05, 4.69) is 16.4 Å². The van der Waals surface area contributed by atoms with Gasteiger partial charge < -0.3 is 14.5 Å². The Hall–Kier alpha value is -3.31. The summed E-state index contributed by atoms with van der Waals surface area (Å²) < 4.78 is 11.5. The van der Waals surface area contributed by atoms with Gasteiger partial charge >= 0.3 is 0 Å². The van der Waals surface area contributed by atoms with Crippen LogP contribution in [-0.4, -0.2) is 17.5 Å². The van der Waals surface area contributed by atoms with Crippen LogP contribution in [0.1, 0.15) is 16.7 Å². The molecule has 0 spiro atoms. The van der Waals surface area contributed by atoms with Crippen LogP contribution in [0.25, 0.3) is 22.6 Å². The molecule has 3 aromatic carbocycles. The molecule has 0 unspecified atom stereocenters. The predicted molar refractivity (Wildman–Crippen MR) is 119 cm³/mol. The van der Waals surface area contributed by atoms with Crippen LogP contribution < -0.4 is 10.1 Å². The summed E-state index contributed by atoms with van der Waals surface area (Å²) in [6.45, 7) is 5.84. The number of benzene rings is 3. The van der Waals surface area contributed by atoms with Crippen molar-refractivity contribution in [3.05, 3.63) is 76.3 Å². The molecule has 0 saturated carbocycles. The van der Waals surface area contributed by atoms with E-state index in [1.807, 2.05) is 51.1 Å². The summed E-state index contributed by atoms with van der Waals surface area (Å²) >= 11 is 5.94. The molecule has 0 fully saturated rings. The first-order chi connectivity index (χ1) is 14.4. The minimum atomic E-state index is -0.245. The molecule has 1 aromatic heterocycles. The van der Waals surface area contributed by atoms with Crippen LogP contribution in [0, 0.1) is 20.8 Å². The van der Waals surface area contributed by atoms with E-state index in [-0.39, 0.29) is 12.5 Å². The van der Waals surface area contributed by atoms with E-state index in [1.165, 1.54) is 0 Å². The highest BCUT2D eigenvalue weighted by Crippen LogP contribution is 2.28. The molecular formula is C24H21ClN2O3. The minimum absolute atomic E-state index is 0.0893. The lowest BCUT2D eigenvalue weighted by atomic mass is 10.1. The van der Waals surface area contributed by atoms with Crippen molar-refractivity contribution < 1.29 is 13.9 Å². The zero-order valence-corrected chi connectivity index (χ0v) is 17.7. The van der Waals surface area contributed by atoms with Gasteiger partial charge in [-0.25, -0.2) is 4.98 Å². The van der Waals surface area contributed by atoms with Gasteiger partial charge in [0.2, 0.25) is 5.89 Å². The number of carbonyl (C=O) groups excluding carboxylic acids is 1. The number of carbonyl (C=O) groups is 1. The van der Waals surface area contributed by atoms with Gasteiger partial charge in [-0.15, -0.1) is 0 Å². The summed E-state index contributed by atoms with van der Waals surface area (Å²) in [5.41, 5.74) is 6.23. The Morgan fingerprint density at radius 1 is 1.03 bits per heavy atom. The number of anilines is 1. The Labute approximate surface area is 179 Å². The van der Waals surface area contributed by atoms with E-state index < -0.39 is 0 Å². The molecule has 152 valence electrons. The molecule has 0 aliphatic rings. The lowest BCUT2D eigenvalue weighted by molar-refractivity contribution is -0.118. The first-order valence-corrected chi connectivity index (χ1v) is 9.94. The first kappa shape index (κ1) is 20.0. The first-order valence-electron chi connectivity index (χ1n) is 9.56. The largest absolute Gasteiger partial charge is 0.483 e. The van der Waals surface area contributed by atoms with Crippen molar-refractivity contribution in [2.24, 2.45) is 0 Å². The molecule has 1 heterocycles. The average Bonchev–Trinajstić information content (AvgIpc) is 3.12. The normalized spacial score (nSPS) is 10.9. The second kappa shape index (κ2) is 8.20.